The number of aliphatic hydroxyl groups is 2. The quantitative estimate of drug-likeness (QED) is 0.0320. The lowest BCUT2D eigenvalue weighted by molar-refractivity contribution is -0.143. The summed E-state index contributed by atoms with van der Waals surface area (Å²) in [4.78, 5) is 24.7. The highest BCUT2D eigenvalue weighted by atomic mass is 16.5. The van der Waals surface area contributed by atoms with Crippen LogP contribution in [0.25, 0.3) is 0 Å². The number of aliphatic hydroxyl groups excluding tert-OH is 2. The summed E-state index contributed by atoms with van der Waals surface area (Å²) in [6, 6.07) is -0.627. The van der Waals surface area contributed by atoms with Gasteiger partial charge in [-0.1, -0.05) is 416 Å². The van der Waals surface area contributed by atoms with Gasteiger partial charge in [-0.15, -0.1) is 0 Å². The minimum absolute atomic E-state index is 0.0214. The maximum Gasteiger partial charge on any atom is 0.305 e. The molecular weight excluding hydrogens is 1090 g/mol. The SMILES string of the molecule is CCCCCCCCCCCCCCCCCCCC/C=C/C(O)C(CO)NC(=O)CCCCCCCCCCCCCCCCCCC/C=C\C/C=C\CCCCCCCCCCCCCOC(=O)CCCCCCCCCCCCCCCCCCC. The lowest BCUT2D eigenvalue weighted by atomic mass is 10.0. The summed E-state index contributed by atoms with van der Waals surface area (Å²) in [5, 5.41) is 23.3. The normalized spacial score (nSPS) is 12.6. The third-order valence-corrected chi connectivity index (χ3v) is 19.2. The van der Waals surface area contributed by atoms with Crippen LogP contribution < -0.4 is 5.32 Å². The Morgan fingerprint density at radius 1 is 0.315 bits per heavy atom. The van der Waals surface area contributed by atoms with Crippen molar-refractivity contribution in [2.75, 3.05) is 13.2 Å². The Kier molecular flexibility index (Phi) is 76.8. The van der Waals surface area contributed by atoms with E-state index >= 15 is 0 Å². The van der Waals surface area contributed by atoms with E-state index in [0.717, 1.165) is 44.9 Å². The smallest absolute Gasteiger partial charge is 0.305 e. The van der Waals surface area contributed by atoms with Gasteiger partial charge in [0.1, 0.15) is 0 Å². The monoisotopic (exact) mass is 1250 g/mol. The summed E-state index contributed by atoms with van der Waals surface area (Å²) in [6.07, 6.45) is 103. The Morgan fingerprint density at radius 2 is 0.562 bits per heavy atom. The van der Waals surface area contributed by atoms with E-state index in [-0.39, 0.29) is 18.5 Å². The Morgan fingerprint density at radius 3 is 0.854 bits per heavy atom. The first-order valence-electron chi connectivity index (χ1n) is 40.8. The van der Waals surface area contributed by atoms with E-state index in [2.05, 4.69) is 43.5 Å². The molecule has 0 radical (unpaired) electrons. The first-order chi connectivity index (χ1) is 44.0. The van der Waals surface area contributed by atoms with Crippen LogP contribution in [0.2, 0.25) is 0 Å². The zero-order chi connectivity index (χ0) is 64.2. The molecule has 6 heteroatoms. The van der Waals surface area contributed by atoms with Crippen molar-refractivity contribution < 1.29 is 24.5 Å². The van der Waals surface area contributed by atoms with Crippen LogP contribution in [0, 0.1) is 0 Å². The fourth-order valence-electron chi connectivity index (χ4n) is 13.0. The van der Waals surface area contributed by atoms with Gasteiger partial charge < -0.3 is 20.3 Å². The van der Waals surface area contributed by atoms with E-state index in [9.17, 15) is 19.8 Å². The van der Waals surface area contributed by atoms with Gasteiger partial charge >= 0.3 is 5.97 Å². The number of carbonyl (C=O) groups is 2. The van der Waals surface area contributed by atoms with E-state index in [1.807, 2.05) is 6.08 Å². The highest BCUT2D eigenvalue weighted by molar-refractivity contribution is 5.76. The van der Waals surface area contributed by atoms with Crippen LogP contribution in [0.1, 0.15) is 457 Å². The molecule has 89 heavy (non-hydrogen) atoms. The van der Waals surface area contributed by atoms with Gasteiger partial charge in [0, 0.05) is 12.8 Å². The maximum absolute atomic E-state index is 12.5. The van der Waals surface area contributed by atoms with Crippen molar-refractivity contribution in [2.24, 2.45) is 0 Å². The molecule has 0 aromatic carbocycles. The van der Waals surface area contributed by atoms with Gasteiger partial charge in [-0.05, 0) is 64.2 Å². The van der Waals surface area contributed by atoms with E-state index < -0.39 is 12.1 Å². The second-order valence-electron chi connectivity index (χ2n) is 28.1. The first-order valence-corrected chi connectivity index (χ1v) is 40.8. The predicted octanol–water partition coefficient (Wildman–Crippen LogP) is 27.0. The molecule has 0 heterocycles. The molecule has 0 aliphatic carbocycles. The number of nitrogens with one attached hydrogen (secondary N) is 1. The topological polar surface area (TPSA) is 95.9 Å². The fraction of sp³-hybridized carbons (Fsp3) is 0.904. The molecule has 0 fully saturated rings. The highest BCUT2D eigenvalue weighted by Crippen LogP contribution is 2.20. The van der Waals surface area contributed by atoms with E-state index in [1.54, 1.807) is 6.08 Å². The molecule has 0 aliphatic rings. The Labute approximate surface area is 557 Å². The largest absolute Gasteiger partial charge is 0.466 e. The molecule has 0 rings (SSSR count). The van der Waals surface area contributed by atoms with Crippen LogP contribution in [0.3, 0.4) is 0 Å². The van der Waals surface area contributed by atoms with Crippen LogP contribution in [0.5, 0.6) is 0 Å². The number of ether oxygens (including phenoxy) is 1. The number of hydrogen-bond acceptors (Lipinski definition) is 5. The first kappa shape index (κ1) is 87.1. The number of allylic oxidation sites excluding steroid dienone is 5. The average molecular weight is 1250 g/mol. The summed E-state index contributed by atoms with van der Waals surface area (Å²) >= 11 is 0. The minimum Gasteiger partial charge on any atom is -0.466 e. The lowest BCUT2D eigenvalue weighted by Crippen LogP contribution is -2.45. The number of unbranched alkanes of at least 4 members (excludes halogenated alkanes) is 62. The molecule has 0 aromatic rings. The molecule has 0 saturated carbocycles. The van der Waals surface area contributed by atoms with Crippen molar-refractivity contribution in [3.05, 3.63) is 36.5 Å². The zero-order valence-electron chi connectivity index (χ0n) is 60.4. The number of amides is 1. The second-order valence-corrected chi connectivity index (χ2v) is 28.1. The Hall–Kier alpha value is -1.92. The van der Waals surface area contributed by atoms with Gasteiger partial charge in [-0.3, -0.25) is 9.59 Å². The molecule has 3 N–H and O–H groups in total. The summed E-state index contributed by atoms with van der Waals surface area (Å²) in [5.41, 5.74) is 0. The van der Waals surface area contributed by atoms with Crippen molar-refractivity contribution in [2.45, 2.75) is 469 Å². The molecule has 0 bridgehead atoms. The fourth-order valence-corrected chi connectivity index (χ4v) is 13.0. The van der Waals surface area contributed by atoms with Crippen LogP contribution in [0.4, 0.5) is 0 Å². The molecule has 2 unspecified atom stereocenters. The third-order valence-electron chi connectivity index (χ3n) is 19.2. The molecule has 0 spiro atoms. The Balaban J connectivity index is 3.38. The zero-order valence-corrected chi connectivity index (χ0v) is 60.4. The molecule has 1 amide bonds. The van der Waals surface area contributed by atoms with Gasteiger partial charge in [0.2, 0.25) is 5.91 Å². The van der Waals surface area contributed by atoms with Gasteiger partial charge in [0.25, 0.3) is 0 Å². The maximum atomic E-state index is 12.5. The minimum atomic E-state index is -0.844. The van der Waals surface area contributed by atoms with E-state index in [1.165, 1.54) is 385 Å². The summed E-state index contributed by atoms with van der Waals surface area (Å²) in [5.74, 6) is -0.0399. The molecule has 0 aromatic heterocycles. The number of hydrogen-bond donors (Lipinski definition) is 3. The van der Waals surface area contributed by atoms with Crippen LogP contribution in [-0.2, 0) is 14.3 Å². The molecule has 2 atom stereocenters. The van der Waals surface area contributed by atoms with Crippen molar-refractivity contribution in [3.8, 4) is 0 Å². The third kappa shape index (κ3) is 75.0. The molecule has 0 saturated heterocycles. The number of rotatable bonds is 77. The molecular formula is C83H159NO5. The van der Waals surface area contributed by atoms with Gasteiger partial charge in [0.15, 0.2) is 0 Å². The van der Waals surface area contributed by atoms with Crippen LogP contribution in [0.15, 0.2) is 36.5 Å². The summed E-state index contributed by atoms with van der Waals surface area (Å²) < 4.78 is 5.51. The van der Waals surface area contributed by atoms with Crippen molar-refractivity contribution in [3.63, 3.8) is 0 Å². The highest BCUT2D eigenvalue weighted by Gasteiger charge is 2.18. The van der Waals surface area contributed by atoms with Gasteiger partial charge in [0.05, 0.1) is 25.4 Å². The standard InChI is InChI=1S/C83H159NO5/c1-3-5-7-9-11-13-15-17-19-21-22-40-44-47-51-55-59-63-67-71-75-81(86)80(79-85)84-82(87)76-72-68-64-60-56-52-48-45-41-38-36-34-32-30-28-26-24-23-25-27-29-31-33-35-37-39-42-46-50-54-58-62-66-70-74-78-89-83(88)77-73-69-65-61-57-53-49-43-20-18-16-14-12-10-8-6-4-2/h25,27,31,33,71,75,80-81,85-86H,3-24,26,28-30,32,34-70,72-74,76-79H2,1-2H3,(H,84,87)/b27-25-,33-31-,75-71+. The van der Waals surface area contributed by atoms with Crippen molar-refractivity contribution >= 4 is 11.9 Å². The van der Waals surface area contributed by atoms with E-state index in [4.69, 9.17) is 4.74 Å². The Bertz CT molecular complexity index is 1440. The molecule has 0 aliphatic heterocycles. The van der Waals surface area contributed by atoms with Crippen molar-refractivity contribution in [1.82, 2.24) is 5.32 Å². The van der Waals surface area contributed by atoms with Crippen LogP contribution in [-0.4, -0.2) is 47.4 Å². The van der Waals surface area contributed by atoms with Crippen LogP contribution >= 0.6 is 0 Å². The average Bonchev–Trinajstić information content (AvgIpc) is 3.62. The molecule has 6 nitrogen and oxygen atoms in total. The molecule has 526 valence electrons. The summed E-state index contributed by atoms with van der Waals surface area (Å²) in [6.45, 7) is 4.96. The number of esters is 1. The predicted molar refractivity (Wildman–Crippen MR) is 393 cm³/mol. The number of carbonyl (C=O) groups excluding carboxylic acids is 2. The lowest BCUT2D eigenvalue weighted by Gasteiger charge is -2.20. The second kappa shape index (κ2) is 78.5. The summed E-state index contributed by atoms with van der Waals surface area (Å²) in [7, 11) is 0. The van der Waals surface area contributed by atoms with E-state index in [0.29, 0.717) is 19.4 Å². The van der Waals surface area contributed by atoms with Gasteiger partial charge in [-0.25, -0.2) is 0 Å². The van der Waals surface area contributed by atoms with Gasteiger partial charge in [-0.2, -0.15) is 0 Å². The van der Waals surface area contributed by atoms with Crippen molar-refractivity contribution in [1.29, 1.82) is 0 Å².